The molecule has 0 radical (unpaired) electrons. The zero-order chi connectivity index (χ0) is 9.84. The molecule has 0 bridgehead atoms. The summed E-state index contributed by atoms with van der Waals surface area (Å²) in [6, 6.07) is 0. The summed E-state index contributed by atoms with van der Waals surface area (Å²) in [6.45, 7) is 5.06. The molecule has 0 atom stereocenters. The molecule has 0 amide bonds. The minimum Gasteiger partial charge on any atom is -0.369 e. The van der Waals surface area contributed by atoms with Crippen LogP contribution in [0.5, 0.6) is 0 Å². The lowest BCUT2D eigenvalue weighted by atomic mass is 10.2. The lowest BCUT2D eigenvalue weighted by Crippen LogP contribution is -2.08. The summed E-state index contributed by atoms with van der Waals surface area (Å²) in [7, 11) is 0. The Kier molecular flexibility index (Phi) is 3.48. The molecule has 72 valence electrons. The quantitative estimate of drug-likeness (QED) is 0.799. The molecule has 0 unspecified atom stereocenters. The summed E-state index contributed by atoms with van der Waals surface area (Å²) < 4.78 is 0.697. The van der Waals surface area contributed by atoms with Gasteiger partial charge in [-0.3, -0.25) is 9.89 Å². The van der Waals surface area contributed by atoms with Crippen LogP contribution in [0.15, 0.2) is 4.47 Å². The Morgan fingerprint density at radius 1 is 1.69 bits per heavy atom. The monoisotopic (exact) mass is 245 g/mol. The van der Waals surface area contributed by atoms with E-state index in [1.165, 1.54) is 0 Å². The van der Waals surface area contributed by atoms with E-state index in [2.05, 4.69) is 45.3 Å². The van der Waals surface area contributed by atoms with E-state index in [9.17, 15) is 4.79 Å². The van der Waals surface area contributed by atoms with Gasteiger partial charge in [0.25, 0.3) is 0 Å². The zero-order valence-electron chi connectivity index (χ0n) is 7.60. The number of aldehydes is 1. The minimum atomic E-state index is 0.395. The maximum Gasteiger partial charge on any atom is 0.171 e. The number of aromatic nitrogens is 2. The average molecular weight is 246 g/mol. The lowest BCUT2D eigenvalue weighted by molar-refractivity contribution is 0.111. The van der Waals surface area contributed by atoms with Crippen molar-refractivity contribution in [2.75, 3.05) is 11.9 Å². The van der Waals surface area contributed by atoms with Crippen LogP contribution in [0.2, 0.25) is 0 Å². The fourth-order valence-electron chi connectivity index (χ4n) is 0.844. The molecule has 0 fully saturated rings. The first kappa shape index (κ1) is 10.2. The van der Waals surface area contributed by atoms with Crippen LogP contribution < -0.4 is 5.32 Å². The molecule has 1 rings (SSSR count). The Hall–Kier alpha value is -0.840. The molecule has 2 N–H and O–H groups in total. The highest BCUT2D eigenvalue weighted by Crippen LogP contribution is 2.22. The molecule has 1 aromatic rings. The second kappa shape index (κ2) is 4.41. The third kappa shape index (κ3) is 2.55. The number of rotatable bonds is 4. The number of anilines is 1. The third-order valence-corrected chi connectivity index (χ3v) is 2.33. The first-order valence-corrected chi connectivity index (χ1v) is 4.87. The smallest absolute Gasteiger partial charge is 0.171 e. The van der Waals surface area contributed by atoms with Crippen LogP contribution in [0.25, 0.3) is 0 Å². The molecule has 4 nitrogen and oxygen atoms in total. The van der Waals surface area contributed by atoms with E-state index >= 15 is 0 Å². The lowest BCUT2D eigenvalue weighted by Gasteiger charge is -2.06. The third-order valence-electron chi connectivity index (χ3n) is 1.53. The summed E-state index contributed by atoms with van der Waals surface area (Å²) in [5.74, 6) is 1.31. The average Bonchev–Trinajstić information content (AvgIpc) is 2.43. The molecule has 1 aromatic heterocycles. The largest absolute Gasteiger partial charge is 0.369 e. The van der Waals surface area contributed by atoms with Gasteiger partial charge in [0.05, 0.1) is 4.47 Å². The van der Waals surface area contributed by atoms with Gasteiger partial charge in [-0.15, -0.1) is 0 Å². The van der Waals surface area contributed by atoms with E-state index in [-0.39, 0.29) is 0 Å². The summed E-state index contributed by atoms with van der Waals surface area (Å²) in [5.41, 5.74) is 0.395. The number of hydrogen-bond donors (Lipinski definition) is 2. The minimum absolute atomic E-state index is 0.395. The molecule has 5 heteroatoms. The molecule has 1 heterocycles. The first-order valence-electron chi connectivity index (χ1n) is 4.08. The highest BCUT2D eigenvalue weighted by molar-refractivity contribution is 9.10. The number of carbonyl (C=O) groups excluding carboxylic acids is 1. The number of H-pyrrole nitrogens is 1. The predicted octanol–water partition coefficient (Wildman–Crippen LogP) is 2.05. The van der Waals surface area contributed by atoms with E-state index in [0.29, 0.717) is 22.4 Å². The summed E-state index contributed by atoms with van der Waals surface area (Å²) in [4.78, 5) is 10.4. The number of nitrogens with zero attached hydrogens (tertiary/aromatic N) is 1. The van der Waals surface area contributed by atoms with Gasteiger partial charge in [-0.2, -0.15) is 5.10 Å². The number of halogens is 1. The van der Waals surface area contributed by atoms with E-state index in [1.54, 1.807) is 0 Å². The van der Waals surface area contributed by atoms with Gasteiger partial charge in [0, 0.05) is 6.54 Å². The Labute approximate surface area is 85.2 Å². The zero-order valence-corrected chi connectivity index (χ0v) is 9.18. The van der Waals surface area contributed by atoms with Crippen LogP contribution in [0, 0.1) is 5.92 Å². The maximum atomic E-state index is 10.4. The topological polar surface area (TPSA) is 57.8 Å². The van der Waals surface area contributed by atoms with Crippen molar-refractivity contribution in [3.05, 3.63) is 10.2 Å². The van der Waals surface area contributed by atoms with Crippen molar-refractivity contribution < 1.29 is 4.79 Å². The van der Waals surface area contributed by atoms with Gasteiger partial charge < -0.3 is 5.32 Å². The fraction of sp³-hybridized carbons (Fsp3) is 0.500. The van der Waals surface area contributed by atoms with Gasteiger partial charge in [-0.1, -0.05) is 13.8 Å². The molecule has 0 aliphatic carbocycles. The van der Waals surface area contributed by atoms with E-state index in [0.717, 1.165) is 12.4 Å². The van der Waals surface area contributed by atoms with Crippen molar-refractivity contribution >= 4 is 28.0 Å². The summed E-state index contributed by atoms with van der Waals surface area (Å²) in [5, 5.41) is 9.69. The second-order valence-electron chi connectivity index (χ2n) is 3.19. The molecule has 0 spiro atoms. The van der Waals surface area contributed by atoms with Gasteiger partial charge >= 0.3 is 0 Å². The van der Waals surface area contributed by atoms with Crippen molar-refractivity contribution in [2.45, 2.75) is 13.8 Å². The standard InChI is InChI=1S/C8H12BrN3O/c1-5(2)3-10-8-7(9)6(4-13)11-12-8/h4-5H,3H2,1-2H3,(H2,10,11,12). The number of aromatic amines is 1. The Balaban J connectivity index is 2.67. The maximum absolute atomic E-state index is 10.4. The Morgan fingerprint density at radius 2 is 2.38 bits per heavy atom. The number of nitrogens with one attached hydrogen (secondary N) is 2. The van der Waals surface area contributed by atoms with Crippen molar-refractivity contribution in [1.29, 1.82) is 0 Å². The van der Waals surface area contributed by atoms with Crippen molar-refractivity contribution in [2.24, 2.45) is 5.92 Å². The van der Waals surface area contributed by atoms with E-state index < -0.39 is 0 Å². The number of carbonyl (C=O) groups is 1. The van der Waals surface area contributed by atoms with Crippen LogP contribution >= 0.6 is 15.9 Å². The highest BCUT2D eigenvalue weighted by Gasteiger charge is 2.08. The molecule has 0 saturated heterocycles. The van der Waals surface area contributed by atoms with Gasteiger partial charge in [0.2, 0.25) is 0 Å². The van der Waals surface area contributed by atoms with Crippen molar-refractivity contribution in [3.8, 4) is 0 Å². The summed E-state index contributed by atoms with van der Waals surface area (Å²) >= 11 is 3.27. The van der Waals surface area contributed by atoms with E-state index in [4.69, 9.17) is 0 Å². The molecular weight excluding hydrogens is 234 g/mol. The van der Waals surface area contributed by atoms with Gasteiger partial charge in [-0.05, 0) is 21.8 Å². The van der Waals surface area contributed by atoms with Gasteiger partial charge in [0.1, 0.15) is 11.5 Å². The highest BCUT2D eigenvalue weighted by atomic mass is 79.9. The molecule has 0 aromatic carbocycles. The normalized spacial score (nSPS) is 10.5. The van der Waals surface area contributed by atoms with Crippen LogP contribution in [0.1, 0.15) is 24.3 Å². The SMILES string of the molecule is CC(C)CNc1[nH]nc(C=O)c1Br. The second-order valence-corrected chi connectivity index (χ2v) is 3.98. The molecule has 0 aliphatic heterocycles. The fourth-order valence-corrected chi connectivity index (χ4v) is 1.25. The number of hydrogen-bond acceptors (Lipinski definition) is 3. The van der Waals surface area contributed by atoms with E-state index in [1.807, 2.05) is 0 Å². The van der Waals surface area contributed by atoms with Crippen molar-refractivity contribution in [1.82, 2.24) is 10.2 Å². The van der Waals surface area contributed by atoms with Crippen LogP contribution in [-0.2, 0) is 0 Å². The molecule has 0 aliphatic rings. The Bertz CT molecular complexity index is 296. The molecule has 13 heavy (non-hydrogen) atoms. The molecule has 0 saturated carbocycles. The predicted molar refractivity (Wildman–Crippen MR) is 55.0 cm³/mol. The first-order chi connectivity index (χ1) is 6.15. The summed E-state index contributed by atoms with van der Waals surface area (Å²) in [6.07, 6.45) is 0.709. The van der Waals surface area contributed by atoms with Crippen LogP contribution in [-0.4, -0.2) is 23.0 Å². The van der Waals surface area contributed by atoms with Gasteiger partial charge in [0.15, 0.2) is 6.29 Å². The Morgan fingerprint density at radius 3 is 2.85 bits per heavy atom. The van der Waals surface area contributed by atoms with Crippen LogP contribution in [0.4, 0.5) is 5.82 Å². The van der Waals surface area contributed by atoms with Gasteiger partial charge in [-0.25, -0.2) is 0 Å². The van der Waals surface area contributed by atoms with Crippen LogP contribution in [0.3, 0.4) is 0 Å². The molecular formula is C8H12BrN3O. The van der Waals surface area contributed by atoms with Crippen molar-refractivity contribution in [3.63, 3.8) is 0 Å².